The summed E-state index contributed by atoms with van der Waals surface area (Å²) >= 11 is 0. The number of ether oxygens (including phenoxy) is 1. The first-order chi connectivity index (χ1) is 8.72. The van der Waals surface area contributed by atoms with Crippen LogP contribution in [0.2, 0.25) is 0 Å². The van der Waals surface area contributed by atoms with E-state index >= 15 is 0 Å². The van der Waals surface area contributed by atoms with E-state index < -0.39 is 28.5 Å². The molecule has 0 bridgehead atoms. The van der Waals surface area contributed by atoms with Crippen LogP contribution < -0.4 is 10.5 Å². The highest BCUT2D eigenvalue weighted by molar-refractivity contribution is 7.83. The van der Waals surface area contributed by atoms with Gasteiger partial charge in [0.05, 0.1) is 4.90 Å². The number of carbonyl (C=O) groups is 2. The molecule has 1 aromatic carbocycles. The number of carbonyl (C=O) groups excluding carboxylic acids is 2. The molecule has 0 fully saturated rings. The monoisotopic (exact) mass is 284 g/mol. The van der Waals surface area contributed by atoms with Crippen LogP contribution in [-0.2, 0) is 25.3 Å². The lowest BCUT2D eigenvalue weighted by atomic mass is 10.1. The predicted molar refractivity (Wildman–Crippen MR) is 71.3 cm³/mol. The molecule has 104 valence electrons. The summed E-state index contributed by atoms with van der Waals surface area (Å²) in [6, 6.07) is 6.25. The Morgan fingerprint density at radius 2 is 1.79 bits per heavy atom. The molecule has 6 nitrogen and oxygen atoms in total. The van der Waals surface area contributed by atoms with Gasteiger partial charge in [-0.3, -0.25) is 14.3 Å². The second-order valence-corrected chi connectivity index (χ2v) is 5.59. The maximum absolute atomic E-state index is 11.9. The van der Waals surface area contributed by atoms with E-state index in [1.54, 1.807) is 24.3 Å². The molecule has 1 unspecified atom stereocenters. The van der Waals surface area contributed by atoms with Crippen LogP contribution in [0.15, 0.2) is 29.2 Å². The van der Waals surface area contributed by atoms with Crippen LogP contribution >= 0.6 is 0 Å². The van der Waals surface area contributed by atoms with Gasteiger partial charge in [-0.2, -0.15) is 0 Å². The van der Waals surface area contributed by atoms with Gasteiger partial charge in [0.1, 0.15) is 0 Å². The van der Waals surface area contributed by atoms with Crippen molar-refractivity contribution in [3.63, 3.8) is 0 Å². The number of nitrogens with two attached hydrogens (primary N) is 1. The van der Waals surface area contributed by atoms with E-state index in [2.05, 4.69) is 4.72 Å². The van der Waals surface area contributed by atoms with E-state index in [1.807, 2.05) is 0 Å². The lowest BCUT2D eigenvalue weighted by molar-refractivity contribution is -0.162. The molecule has 0 aromatic heterocycles. The van der Waals surface area contributed by atoms with Gasteiger partial charge in [-0.1, -0.05) is 0 Å². The third-order valence-corrected chi connectivity index (χ3v) is 3.30. The van der Waals surface area contributed by atoms with Crippen molar-refractivity contribution in [3.05, 3.63) is 24.3 Å². The van der Waals surface area contributed by atoms with Crippen molar-refractivity contribution in [1.82, 2.24) is 4.72 Å². The summed E-state index contributed by atoms with van der Waals surface area (Å²) in [5, 5.41) is 0. The largest absolute Gasteiger partial charge is 0.450 e. The molecular formula is C12H16N2O4S. The quantitative estimate of drug-likeness (QED) is 0.628. The Hall–Kier alpha value is -1.89. The van der Waals surface area contributed by atoms with Gasteiger partial charge < -0.3 is 10.5 Å². The molecule has 0 aliphatic rings. The molecule has 1 rings (SSSR count). The Balaban J connectivity index is 2.74. The highest BCUT2D eigenvalue weighted by atomic mass is 32.2. The molecule has 0 radical (unpaired) electrons. The fourth-order valence-corrected chi connectivity index (χ4v) is 2.18. The van der Waals surface area contributed by atoms with Crippen LogP contribution in [0, 0.1) is 0 Å². The summed E-state index contributed by atoms with van der Waals surface area (Å²) in [4.78, 5) is 23.1. The number of nitrogens with one attached hydrogen (secondary N) is 1. The number of esters is 1. The molecule has 3 N–H and O–H groups in total. The summed E-state index contributed by atoms with van der Waals surface area (Å²) in [5.41, 5.74) is 4.66. The normalized spacial score (nSPS) is 12.6. The molecule has 19 heavy (non-hydrogen) atoms. The Bertz CT molecular complexity index is 511. The summed E-state index contributed by atoms with van der Waals surface area (Å²) in [5.74, 6) is -1.23. The zero-order valence-corrected chi connectivity index (χ0v) is 11.7. The Morgan fingerprint density at radius 1 is 1.26 bits per heavy atom. The van der Waals surface area contributed by atoms with Crippen LogP contribution in [0.4, 0.5) is 5.69 Å². The third-order valence-electron chi connectivity index (χ3n) is 2.23. The van der Waals surface area contributed by atoms with E-state index in [1.165, 1.54) is 20.8 Å². The van der Waals surface area contributed by atoms with Gasteiger partial charge in [-0.25, -0.2) is 4.21 Å². The lowest BCUT2D eigenvalue weighted by Crippen LogP contribution is -2.45. The van der Waals surface area contributed by atoms with Gasteiger partial charge in [0.2, 0.25) is 0 Å². The smallest absolute Gasteiger partial charge is 0.303 e. The van der Waals surface area contributed by atoms with Crippen molar-refractivity contribution in [2.24, 2.45) is 0 Å². The standard InChI is InChI=1S/C12H16N2O4S/c1-8(15)18-12(2,3)11(16)14-19(17)10-6-4-9(13)5-7-10/h4-7H,13H2,1-3H3,(H,14,16). The van der Waals surface area contributed by atoms with Crippen LogP contribution in [0.3, 0.4) is 0 Å². The van der Waals surface area contributed by atoms with Crippen LogP contribution in [-0.4, -0.2) is 21.7 Å². The van der Waals surface area contributed by atoms with Crippen molar-refractivity contribution in [2.45, 2.75) is 31.3 Å². The third kappa shape index (κ3) is 4.36. The number of rotatable bonds is 4. The van der Waals surface area contributed by atoms with Crippen molar-refractivity contribution >= 4 is 28.5 Å². The Labute approximate surface area is 113 Å². The molecule has 0 saturated heterocycles. The van der Waals surface area contributed by atoms with E-state index in [9.17, 15) is 13.8 Å². The number of nitrogen functional groups attached to an aromatic ring is 1. The zero-order chi connectivity index (χ0) is 14.6. The average Bonchev–Trinajstić information content (AvgIpc) is 2.27. The molecule has 1 amide bonds. The van der Waals surface area contributed by atoms with Crippen LogP contribution in [0.5, 0.6) is 0 Å². The highest BCUT2D eigenvalue weighted by Crippen LogP contribution is 2.12. The summed E-state index contributed by atoms with van der Waals surface area (Å²) < 4.78 is 19.0. The molecule has 0 heterocycles. The number of anilines is 1. The first-order valence-corrected chi connectivity index (χ1v) is 6.65. The first-order valence-electron chi connectivity index (χ1n) is 5.50. The summed E-state index contributed by atoms with van der Waals surface area (Å²) in [7, 11) is -1.73. The number of benzene rings is 1. The van der Waals surface area contributed by atoms with E-state index in [4.69, 9.17) is 10.5 Å². The molecule has 0 saturated carbocycles. The Kier molecular flexibility index (Phi) is 4.66. The Morgan fingerprint density at radius 3 is 2.26 bits per heavy atom. The van der Waals surface area contributed by atoms with Crippen molar-refractivity contribution < 1.29 is 18.5 Å². The predicted octanol–water partition coefficient (Wildman–Crippen LogP) is 0.749. The number of hydrogen-bond donors (Lipinski definition) is 2. The van der Waals surface area contributed by atoms with Gasteiger partial charge in [-0.05, 0) is 38.1 Å². The molecule has 7 heteroatoms. The fourth-order valence-electron chi connectivity index (χ4n) is 1.26. The number of amides is 1. The van der Waals surface area contributed by atoms with Crippen molar-refractivity contribution in [2.75, 3.05) is 5.73 Å². The van der Waals surface area contributed by atoms with Gasteiger partial charge in [-0.15, -0.1) is 0 Å². The first kappa shape index (κ1) is 15.2. The molecule has 0 aliphatic carbocycles. The zero-order valence-electron chi connectivity index (χ0n) is 10.9. The van der Waals surface area contributed by atoms with Gasteiger partial charge in [0.15, 0.2) is 16.6 Å². The average molecular weight is 284 g/mol. The second-order valence-electron chi connectivity index (χ2n) is 4.37. The summed E-state index contributed by atoms with van der Waals surface area (Å²) in [6.45, 7) is 4.04. The van der Waals surface area contributed by atoms with E-state index in [0.717, 1.165) is 0 Å². The van der Waals surface area contributed by atoms with Crippen LogP contribution in [0.1, 0.15) is 20.8 Å². The lowest BCUT2D eigenvalue weighted by Gasteiger charge is -2.22. The van der Waals surface area contributed by atoms with Crippen molar-refractivity contribution in [1.29, 1.82) is 0 Å². The molecule has 1 atom stereocenters. The minimum absolute atomic E-state index is 0.404. The van der Waals surface area contributed by atoms with Gasteiger partial charge >= 0.3 is 5.97 Å². The fraction of sp³-hybridized carbons (Fsp3) is 0.333. The van der Waals surface area contributed by atoms with Gasteiger partial charge in [0, 0.05) is 12.6 Å². The minimum atomic E-state index is -1.73. The maximum Gasteiger partial charge on any atom is 0.303 e. The molecule has 1 aromatic rings. The molecule has 0 aliphatic heterocycles. The second kappa shape index (κ2) is 5.83. The van der Waals surface area contributed by atoms with Crippen LogP contribution in [0.25, 0.3) is 0 Å². The minimum Gasteiger partial charge on any atom is -0.450 e. The number of hydrogen-bond acceptors (Lipinski definition) is 5. The molecular weight excluding hydrogens is 268 g/mol. The molecule has 0 spiro atoms. The topological polar surface area (TPSA) is 98.5 Å². The SMILES string of the molecule is CC(=O)OC(C)(C)C(=O)NS(=O)c1ccc(N)cc1. The van der Waals surface area contributed by atoms with Crippen molar-refractivity contribution in [3.8, 4) is 0 Å². The summed E-state index contributed by atoms with van der Waals surface area (Å²) in [6.07, 6.45) is 0. The van der Waals surface area contributed by atoms with E-state index in [-0.39, 0.29) is 0 Å². The maximum atomic E-state index is 11.9. The highest BCUT2D eigenvalue weighted by Gasteiger charge is 2.32. The van der Waals surface area contributed by atoms with E-state index in [0.29, 0.717) is 10.6 Å². The van der Waals surface area contributed by atoms with Gasteiger partial charge in [0.25, 0.3) is 5.91 Å².